The van der Waals surface area contributed by atoms with Gasteiger partial charge in [0.2, 0.25) is 0 Å². The first kappa shape index (κ1) is 34.7. The maximum Gasteiger partial charge on any atom is 0.0991 e. The molecule has 4 heteroatoms. The third-order valence-electron chi connectivity index (χ3n) is 11.5. The number of aromatic nitrogens is 1. The number of hydrogen-bond donors (Lipinski definition) is 1. The maximum atomic E-state index is 9.48. The number of benzene rings is 8. The monoisotopic (exact) mass is 742 g/mol. The lowest BCUT2D eigenvalue weighted by Crippen LogP contribution is -2.28. The Balaban J connectivity index is 1.14. The van der Waals surface area contributed by atoms with E-state index in [1.54, 1.807) is 6.07 Å². The van der Waals surface area contributed by atoms with Crippen LogP contribution in [-0.4, -0.2) is 10.3 Å². The number of nitriles is 1. The summed E-state index contributed by atoms with van der Waals surface area (Å²) >= 11 is 0. The summed E-state index contributed by atoms with van der Waals surface area (Å²) in [5.41, 5.74) is 21.9. The summed E-state index contributed by atoms with van der Waals surface area (Å²) in [6, 6.07) is 72.9. The Morgan fingerprint density at radius 1 is 0.569 bits per heavy atom. The minimum atomic E-state index is -0.500. The van der Waals surface area contributed by atoms with Gasteiger partial charge in [-0.2, -0.15) is 5.26 Å². The number of para-hydroxylation sites is 1. The Morgan fingerprint density at radius 2 is 1.22 bits per heavy atom. The van der Waals surface area contributed by atoms with Gasteiger partial charge in [0, 0.05) is 22.2 Å². The van der Waals surface area contributed by atoms with Crippen LogP contribution >= 0.6 is 0 Å². The number of rotatable bonds is 8. The van der Waals surface area contributed by atoms with E-state index in [9.17, 15) is 5.26 Å². The molecule has 1 aliphatic carbocycles. The molecule has 4 nitrogen and oxygen atoms in total. The van der Waals surface area contributed by atoms with Crippen molar-refractivity contribution in [2.24, 2.45) is 10.7 Å². The summed E-state index contributed by atoms with van der Waals surface area (Å²) in [5.74, 6) is 0. The SMILES string of the molecule is N#Cc1cccc(C(N)=CC(=NCc2cccc(-n3c4ccccc4c4cc5c(cc43)C(c3ccccc3)(c3ccccc3)c3ccccc3-5)c2)c2ccccc2)c1. The molecule has 0 saturated carbocycles. The predicted molar refractivity (Wildman–Crippen MR) is 238 cm³/mol. The van der Waals surface area contributed by atoms with E-state index in [1.165, 1.54) is 44.2 Å². The Hall–Kier alpha value is -7.74. The summed E-state index contributed by atoms with van der Waals surface area (Å²) in [4.78, 5) is 5.16. The van der Waals surface area contributed by atoms with E-state index in [0.717, 1.165) is 39.1 Å². The van der Waals surface area contributed by atoms with E-state index in [-0.39, 0.29) is 0 Å². The molecule has 10 rings (SSSR count). The molecule has 0 bridgehead atoms. The minimum Gasteiger partial charge on any atom is -0.398 e. The lowest BCUT2D eigenvalue weighted by Gasteiger charge is -2.34. The smallest absolute Gasteiger partial charge is 0.0991 e. The Morgan fingerprint density at radius 3 is 1.98 bits per heavy atom. The summed E-state index contributed by atoms with van der Waals surface area (Å²) in [7, 11) is 0. The molecule has 0 saturated heterocycles. The highest BCUT2D eigenvalue weighted by Crippen LogP contribution is 2.57. The molecule has 0 atom stereocenters. The molecule has 0 fully saturated rings. The second kappa shape index (κ2) is 14.4. The first-order valence-electron chi connectivity index (χ1n) is 19.6. The van der Waals surface area contributed by atoms with Gasteiger partial charge >= 0.3 is 0 Å². The standard InChI is InChI=1S/C54H38N4/c55-35-37-16-14-20-40(30-37)50(56)34-51(39-18-4-1-5-19-39)57-36-38-17-15-25-43(31-38)58-52-29-13-11-27-45(52)47-32-46-44-26-10-12-28-48(44)54(49(46)33-53(47)58,41-21-6-2-7-22-41)42-23-8-3-9-24-42/h1-34H,36,56H2. The first-order chi connectivity index (χ1) is 28.6. The minimum absolute atomic E-state index is 0.451. The van der Waals surface area contributed by atoms with Gasteiger partial charge in [-0.3, -0.25) is 4.99 Å². The van der Waals surface area contributed by atoms with Gasteiger partial charge < -0.3 is 10.3 Å². The van der Waals surface area contributed by atoms with Crippen LogP contribution in [0.1, 0.15) is 44.5 Å². The van der Waals surface area contributed by atoms with Crippen molar-refractivity contribution in [2.45, 2.75) is 12.0 Å². The normalized spacial score (nSPS) is 13.3. The van der Waals surface area contributed by atoms with Crippen molar-refractivity contribution in [3.63, 3.8) is 0 Å². The molecule has 58 heavy (non-hydrogen) atoms. The molecule has 0 amide bonds. The number of aliphatic imine (C=N–C) groups is 1. The Bertz CT molecular complexity index is 3050. The second-order valence-electron chi connectivity index (χ2n) is 14.8. The van der Waals surface area contributed by atoms with Crippen LogP contribution in [0.25, 0.3) is 44.3 Å². The van der Waals surface area contributed by atoms with Crippen LogP contribution in [-0.2, 0) is 12.0 Å². The van der Waals surface area contributed by atoms with Crippen molar-refractivity contribution in [3.8, 4) is 22.9 Å². The molecule has 1 aliphatic rings. The van der Waals surface area contributed by atoms with Crippen molar-refractivity contribution in [2.75, 3.05) is 0 Å². The molecule has 1 aromatic heterocycles. The zero-order chi connectivity index (χ0) is 39.1. The average Bonchev–Trinajstić information content (AvgIpc) is 3.78. The summed E-state index contributed by atoms with van der Waals surface area (Å²) < 4.78 is 2.42. The maximum absolute atomic E-state index is 9.48. The topological polar surface area (TPSA) is 67.1 Å². The molecule has 9 aromatic rings. The molecule has 1 heterocycles. The molecule has 0 spiro atoms. The summed E-state index contributed by atoms with van der Waals surface area (Å²) in [5, 5.41) is 11.9. The summed E-state index contributed by atoms with van der Waals surface area (Å²) in [6.45, 7) is 0.451. The van der Waals surface area contributed by atoms with Crippen LogP contribution in [0, 0.1) is 11.3 Å². The highest BCUT2D eigenvalue weighted by molar-refractivity contribution is 6.13. The number of hydrogen-bond acceptors (Lipinski definition) is 3. The van der Waals surface area contributed by atoms with Gasteiger partial charge in [0.05, 0.1) is 40.3 Å². The van der Waals surface area contributed by atoms with E-state index in [4.69, 9.17) is 10.7 Å². The number of nitrogens with zero attached hydrogens (tertiary/aromatic N) is 3. The zero-order valence-electron chi connectivity index (χ0n) is 31.8. The Kier molecular flexibility index (Phi) is 8.62. The molecule has 274 valence electrons. The van der Waals surface area contributed by atoms with Gasteiger partial charge in [-0.1, -0.05) is 158 Å². The van der Waals surface area contributed by atoms with Crippen LogP contribution < -0.4 is 5.73 Å². The number of nitrogens with two attached hydrogens (primary N) is 1. The van der Waals surface area contributed by atoms with Crippen LogP contribution in [0.2, 0.25) is 0 Å². The van der Waals surface area contributed by atoms with Crippen LogP contribution in [0.4, 0.5) is 0 Å². The fraction of sp³-hybridized carbons (Fsp3) is 0.0370. The molecular weight excluding hydrogens is 705 g/mol. The molecule has 8 aromatic carbocycles. The fourth-order valence-corrected chi connectivity index (χ4v) is 8.98. The first-order valence-corrected chi connectivity index (χ1v) is 19.6. The molecule has 0 radical (unpaired) electrons. The van der Waals surface area contributed by atoms with Crippen molar-refractivity contribution < 1.29 is 0 Å². The largest absolute Gasteiger partial charge is 0.398 e. The van der Waals surface area contributed by atoms with E-state index >= 15 is 0 Å². The van der Waals surface area contributed by atoms with E-state index in [0.29, 0.717) is 17.8 Å². The van der Waals surface area contributed by atoms with Gasteiger partial charge in [0.25, 0.3) is 0 Å². The quantitative estimate of drug-likeness (QED) is 0.158. The van der Waals surface area contributed by atoms with E-state index in [2.05, 4.69) is 156 Å². The van der Waals surface area contributed by atoms with Crippen LogP contribution in [0.15, 0.2) is 211 Å². The lowest BCUT2D eigenvalue weighted by molar-refractivity contribution is 0.769. The highest BCUT2D eigenvalue weighted by Gasteiger charge is 2.46. The van der Waals surface area contributed by atoms with E-state index < -0.39 is 5.41 Å². The van der Waals surface area contributed by atoms with Crippen LogP contribution in [0.5, 0.6) is 0 Å². The average molecular weight is 743 g/mol. The van der Waals surface area contributed by atoms with Gasteiger partial charge in [-0.05, 0) is 98.6 Å². The molecular formula is C54H38N4. The fourth-order valence-electron chi connectivity index (χ4n) is 8.98. The number of allylic oxidation sites excluding steroid dienone is 1. The molecule has 2 N–H and O–H groups in total. The van der Waals surface area contributed by atoms with Gasteiger partial charge in [0.1, 0.15) is 0 Å². The van der Waals surface area contributed by atoms with Crippen molar-refractivity contribution >= 4 is 33.2 Å². The predicted octanol–water partition coefficient (Wildman–Crippen LogP) is 12.0. The van der Waals surface area contributed by atoms with E-state index in [1.807, 2.05) is 54.6 Å². The Labute approximate surface area is 338 Å². The van der Waals surface area contributed by atoms with Gasteiger partial charge in [-0.15, -0.1) is 0 Å². The van der Waals surface area contributed by atoms with Crippen LogP contribution in [0.3, 0.4) is 0 Å². The molecule has 0 aliphatic heterocycles. The van der Waals surface area contributed by atoms with Crippen molar-refractivity contribution in [1.82, 2.24) is 4.57 Å². The lowest BCUT2D eigenvalue weighted by atomic mass is 9.67. The highest BCUT2D eigenvalue weighted by atomic mass is 15.0. The third kappa shape index (κ3) is 5.72. The van der Waals surface area contributed by atoms with Gasteiger partial charge in [0.15, 0.2) is 0 Å². The van der Waals surface area contributed by atoms with Crippen molar-refractivity contribution in [3.05, 3.63) is 251 Å². The number of fused-ring (bicyclic) bond motifs is 6. The van der Waals surface area contributed by atoms with Crippen molar-refractivity contribution in [1.29, 1.82) is 5.26 Å². The summed E-state index contributed by atoms with van der Waals surface area (Å²) in [6.07, 6.45) is 1.91. The third-order valence-corrected chi connectivity index (χ3v) is 11.5. The second-order valence-corrected chi connectivity index (χ2v) is 14.8. The molecule has 0 unspecified atom stereocenters. The zero-order valence-corrected chi connectivity index (χ0v) is 31.8. The van der Waals surface area contributed by atoms with Gasteiger partial charge in [-0.25, -0.2) is 0 Å².